The van der Waals surface area contributed by atoms with Gasteiger partial charge in [0, 0.05) is 22.3 Å². The van der Waals surface area contributed by atoms with Crippen molar-refractivity contribution in [2.24, 2.45) is 0 Å². The molecule has 0 saturated heterocycles. The zero-order chi connectivity index (χ0) is 17.7. The van der Waals surface area contributed by atoms with Gasteiger partial charge < -0.3 is 10.2 Å². The molecule has 2 aromatic rings. The normalized spacial score (nSPS) is 10.5. The number of benzene rings is 2. The Morgan fingerprint density at radius 2 is 1.83 bits per heavy atom. The lowest BCUT2D eigenvalue weighted by atomic mass is 10.1. The third kappa shape index (κ3) is 4.80. The van der Waals surface area contributed by atoms with Gasteiger partial charge in [-0.25, -0.2) is 4.39 Å². The number of carbonyl (C=O) groups excluding carboxylic acids is 2. The van der Waals surface area contributed by atoms with Gasteiger partial charge in [0.15, 0.2) is 0 Å². The molecule has 2 rings (SSSR count). The minimum absolute atomic E-state index is 0.111. The average Bonchev–Trinajstić information content (AvgIpc) is 2.54. The summed E-state index contributed by atoms with van der Waals surface area (Å²) in [5, 5.41) is 3.11. The number of carbonyl (C=O) groups is 2. The van der Waals surface area contributed by atoms with Crippen LogP contribution in [-0.2, 0) is 4.79 Å². The quantitative estimate of drug-likeness (QED) is 0.888. The molecule has 1 N–H and O–H groups in total. The molecule has 0 fully saturated rings. The first kappa shape index (κ1) is 17.9. The second kappa shape index (κ2) is 7.93. The summed E-state index contributed by atoms with van der Waals surface area (Å²) in [5.41, 5.74) is 0.895. The van der Waals surface area contributed by atoms with Gasteiger partial charge in [0.2, 0.25) is 5.91 Å². The second-order valence-electron chi connectivity index (χ2n) is 5.59. The van der Waals surface area contributed by atoms with Gasteiger partial charge in [-0.2, -0.15) is 0 Å². The maximum atomic E-state index is 12.9. The monoisotopic (exact) mass is 348 g/mol. The van der Waals surface area contributed by atoms with Crippen molar-refractivity contribution in [3.63, 3.8) is 0 Å². The highest BCUT2D eigenvalue weighted by Gasteiger charge is 2.21. The van der Waals surface area contributed by atoms with E-state index in [0.29, 0.717) is 16.3 Å². The lowest BCUT2D eigenvalue weighted by molar-refractivity contribution is -0.117. The van der Waals surface area contributed by atoms with E-state index in [0.717, 1.165) is 0 Å². The molecule has 2 aromatic carbocycles. The van der Waals surface area contributed by atoms with Gasteiger partial charge in [-0.3, -0.25) is 9.59 Å². The van der Waals surface area contributed by atoms with E-state index < -0.39 is 0 Å². The summed E-state index contributed by atoms with van der Waals surface area (Å²) in [6.07, 6.45) is 0. The molecule has 0 aliphatic carbocycles. The SMILES string of the molecule is CC(C)N(CC(=O)Nc1ccc(F)cc1)C(=O)c1cccc(Cl)c1. The van der Waals surface area contributed by atoms with Crippen molar-refractivity contribution < 1.29 is 14.0 Å². The fourth-order valence-electron chi connectivity index (χ4n) is 2.16. The second-order valence-corrected chi connectivity index (χ2v) is 6.03. The van der Waals surface area contributed by atoms with Gasteiger partial charge in [-0.05, 0) is 56.3 Å². The van der Waals surface area contributed by atoms with Crippen LogP contribution in [0.4, 0.5) is 10.1 Å². The maximum Gasteiger partial charge on any atom is 0.254 e. The molecule has 0 aromatic heterocycles. The number of amides is 2. The Morgan fingerprint density at radius 1 is 1.17 bits per heavy atom. The molecule has 126 valence electrons. The molecule has 6 heteroatoms. The predicted octanol–water partition coefficient (Wildman–Crippen LogP) is 3.97. The van der Waals surface area contributed by atoms with Crippen LogP contribution >= 0.6 is 11.6 Å². The van der Waals surface area contributed by atoms with Crippen LogP contribution in [0.25, 0.3) is 0 Å². The summed E-state index contributed by atoms with van der Waals surface area (Å²) in [7, 11) is 0. The first-order chi connectivity index (χ1) is 11.4. The lowest BCUT2D eigenvalue weighted by Gasteiger charge is -2.26. The number of nitrogens with zero attached hydrogens (tertiary/aromatic N) is 1. The molecule has 0 aliphatic heterocycles. The minimum atomic E-state index is -0.382. The molecule has 0 spiro atoms. The average molecular weight is 349 g/mol. The van der Waals surface area contributed by atoms with Crippen LogP contribution in [0, 0.1) is 5.82 Å². The Kier molecular flexibility index (Phi) is 5.93. The van der Waals surface area contributed by atoms with Crippen LogP contribution in [0.3, 0.4) is 0 Å². The summed E-state index contributed by atoms with van der Waals surface area (Å²) in [6.45, 7) is 3.54. The van der Waals surface area contributed by atoms with E-state index in [4.69, 9.17) is 11.6 Å². The molecule has 0 saturated carbocycles. The summed E-state index contributed by atoms with van der Waals surface area (Å²) in [4.78, 5) is 26.2. The van der Waals surface area contributed by atoms with Crippen LogP contribution in [0.5, 0.6) is 0 Å². The van der Waals surface area contributed by atoms with Crippen molar-refractivity contribution in [1.29, 1.82) is 0 Å². The zero-order valence-corrected chi connectivity index (χ0v) is 14.2. The van der Waals surface area contributed by atoms with Crippen LogP contribution < -0.4 is 5.32 Å². The van der Waals surface area contributed by atoms with Crippen LogP contribution in [0.15, 0.2) is 48.5 Å². The van der Waals surface area contributed by atoms with Crippen LogP contribution in [0.1, 0.15) is 24.2 Å². The highest BCUT2D eigenvalue weighted by Crippen LogP contribution is 2.15. The highest BCUT2D eigenvalue weighted by atomic mass is 35.5. The van der Waals surface area contributed by atoms with E-state index in [-0.39, 0.29) is 30.2 Å². The Bertz CT molecular complexity index is 732. The number of hydrogen-bond acceptors (Lipinski definition) is 2. The molecule has 4 nitrogen and oxygen atoms in total. The Labute approximate surface area is 145 Å². The summed E-state index contributed by atoms with van der Waals surface area (Å²) in [6, 6.07) is 11.9. The molecule has 24 heavy (non-hydrogen) atoms. The van der Waals surface area contributed by atoms with Crippen molar-refractivity contribution in [2.45, 2.75) is 19.9 Å². The Hall–Kier alpha value is -2.40. The highest BCUT2D eigenvalue weighted by molar-refractivity contribution is 6.31. The van der Waals surface area contributed by atoms with E-state index in [1.807, 2.05) is 13.8 Å². The fraction of sp³-hybridized carbons (Fsp3) is 0.222. The maximum absolute atomic E-state index is 12.9. The van der Waals surface area contributed by atoms with E-state index in [2.05, 4.69) is 5.32 Å². The fourth-order valence-corrected chi connectivity index (χ4v) is 2.35. The predicted molar refractivity (Wildman–Crippen MR) is 92.7 cm³/mol. The molecular weight excluding hydrogens is 331 g/mol. The molecule has 0 heterocycles. The standard InChI is InChI=1S/C18H18ClFN2O2/c1-12(2)22(18(24)13-4-3-5-14(19)10-13)11-17(23)21-16-8-6-15(20)7-9-16/h3-10,12H,11H2,1-2H3,(H,21,23). The third-order valence-electron chi connectivity index (χ3n) is 3.40. The number of nitrogens with one attached hydrogen (secondary N) is 1. The number of halogens is 2. The summed E-state index contributed by atoms with van der Waals surface area (Å²) in [5.74, 6) is -1.01. The third-order valence-corrected chi connectivity index (χ3v) is 3.63. The van der Waals surface area contributed by atoms with Crippen molar-refractivity contribution in [3.8, 4) is 0 Å². The molecular formula is C18H18ClFN2O2. The first-order valence-electron chi connectivity index (χ1n) is 7.49. The lowest BCUT2D eigenvalue weighted by Crippen LogP contribution is -2.42. The molecule has 0 atom stereocenters. The topological polar surface area (TPSA) is 49.4 Å². The first-order valence-corrected chi connectivity index (χ1v) is 7.86. The van der Waals surface area contributed by atoms with Gasteiger partial charge in [0.1, 0.15) is 12.4 Å². The minimum Gasteiger partial charge on any atom is -0.327 e. The Balaban J connectivity index is 2.09. The van der Waals surface area contributed by atoms with Gasteiger partial charge in [0.05, 0.1) is 0 Å². The van der Waals surface area contributed by atoms with Crippen molar-refractivity contribution in [2.75, 3.05) is 11.9 Å². The van der Waals surface area contributed by atoms with Gasteiger partial charge in [-0.15, -0.1) is 0 Å². The van der Waals surface area contributed by atoms with E-state index >= 15 is 0 Å². The molecule has 0 unspecified atom stereocenters. The molecule has 0 aliphatic rings. The van der Waals surface area contributed by atoms with Crippen molar-refractivity contribution in [1.82, 2.24) is 4.90 Å². The van der Waals surface area contributed by atoms with E-state index in [1.165, 1.54) is 29.2 Å². The van der Waals surface area contributed by atoms with E-state index in [1.54, 1.807) is 24.3 Å². The van der Waals surface area contributed by atoms with Crippen molar-refractivity contribution in [3.05, 3.63) is 64.9 Å². The van der Waals surface area contributed by atoms with Gasteiger partial charge in [-0.1, -0.05) is 17.7 Å². The van der Waals surface area contributed by atoms with Gasteiger partial charge >= 0.3 is 0 Å². The summed E-state index contributed by atoms with van der Waals surface area (Å²) >= 11 is 5.92. The van der Waals surface area contributed by atoms with Crippen LogP contribution in [-0.4, -0.2) is 29.3 Å². The van der Waals surface area contributed by atoms with Gasteiger partial charge in [0.25, 0.3) is 5.91 Å². The number of hydrogen-bond donors (Lipinski definition) is 1. The van der Waals surface area contributed by atoms with Crippen molar-refractivity contribution >= 4 is 29.1 Å². The number of rotatable bonds is 5. The smallest absolute Gasteiger partial charge is 0.254 e. The largest absolute Gasteiger partial charge is 0.327 e. The number of anilines is 1. The molecule has 0 bridgehead atoms. The molecule has 0 radical (unpaired) electrons. The Morgan fingerprint density at radius 3 is 2.42 bits per heavy atom. The summed E-state index contributed by atoms with van der Waals surface area (Å²) < 4.78 is 12.9. The van der Waals surface area contributed by atoms with Crippen LogP contribution in [0.2, 0.25) is 5.02 Å². The molecule has 2 amide bonds. The zero-order valence-electron chi connectivity index (χ0n) is 13.4. The van der Waals surface area contributed by atoms with E-state index in [9.17, 15) is 14.0 Å².